The first-order valence-corrected chi connectivity index (χ1v) is 6.59. The maximum Gasteiger partial charge on any atom is 0.389 e. The molecule has 0 saturated heterocycles. The van der Waals surface area contributed by atoms with Crippen LogP contribution in [0.25, 0.3) is 0 Å². The van der Waals surface area contributed by atoms with Gasteiger partial charge in [0.05, 0.1) is 0 Å². The molecule has 0 saturated carbocycles. The smallest absolute Gasteiger partial charge is 0.370 e. The van der Waals surface area contributed by atoms with E-state index in [-0.39, 0.29) is 12.5 Å². The van der Waals surface area contributed by atoms with E-state index < -0.39 is 12.6 Å². The van der Waals surface area contributed by atoms with Crippen LogP contribution in [0, 0.1) is 0 Å². The fourth-order valence-corrected chi connectivity index (χ4v) is 2.43. The second-order valence-corrected chi connectivity index (χ2v) is 5.08. The molecular weight excluding hydrogens is 253 g/mol. The quantitative estimate of drug-likeness (QED) is 0.908. The van der Waals surface area contributed by atoms with Gasteiger partial charge in [0.1, 0.15) is 0 Å². The van der Waals surface area contributed by atoms with Crippen molar-refractivity contribution < 1.29 is 13.2 Å². The predicted molar refractivity (Wildman–Crippen MR) is 70.2 cm³/mol. The van der Waals surface area contributed by atoms with Gasteiger partial charge in [0.15, 0.2) is 0 Å². The van der Waals surface area contributed by atoms with E-state index in [1.165, 1.54) is 0 Å². The van der Waals surface area contributed by atoms with Crippen LogP contribution >= 0.6 is 0 Å². The normalized spacial score (nSPS) is 20.0. The molecule has 0 amide bonds. The number of alkyl halides is 3. The largest absolute Gasteiger partial charge is 0.389 e. The number of nitrogens with zero attached hydrogens (tertiary/aromatic N) is 1. The molecule has 1 aromatic carbocycles. The molecule has 0 spiro atoms. The van der Waals surface area contributed by atoms with Crippen LogP contribution in [0.3, 0.4) is 0 Å². The number of rotatable bonds is 3. The summed E-state index contributed by atoms with van der Waals surface area (Å²) in [4.78, 5) is 2.06. The van der Waals surface area contributed by atoms with Gasteiger partial charge in [0.2, 0.25) is 0 Å². The molecule has 1 atom stereocenters. The number of nitrogens with one attached hydrogen (secondary N) is 1. The Hall–Kier alpha value is -1.23. The topological polar surface area (TPSA) is 15.3 Å². The number of fused-ring (bicyclic) bond motifs is 1. The third-order valence-electron chi connectivity index (χ3n) is 3.36. The highest BCUT2D eigenvalue weighted by molar-refractivity contribution is 5.54. The first kappa shape index (κ1) is 14.2. The van der Waals surface area contributed by atoms with E-state index in [0.717, 1.165) is 24.3 Å². The molecule has 0 bridgehead atoms. The zero-order chi connectivity index (χ0) is 13.9. The minimum atomic E-state index is -4.06. The molecule has 0 aliphatic carbocycles. The zero-order valence-corrected chi connectivity index (χ0v) is 11.0. The number of hydrogen-bond donors (Lipinski definition) is 1. The van der Waals surface area contributed by atoms with Crippen molar-refractivity contribution in [3.63, 3.8) is 0 Å². The lowest BCUT2D eigenvalue weighted by Crippen LogP contribution is -2.36. The van der Waals surface area contributed by atoms with Crippen molar-refractivity contribution in [3.8, 4) is 0 Å². The van der Waals surface area contributed by atoms with Crippen molar-refractivity contribution >= 4 is 5.69 Å². The van der Waals surface area contributed by atoms with Crippen LogP contribution in [0.15, 0.2) is 24.3 Å². The van der Waals surface area contributed by atoms with Gasteiger partial charge in [0.25, 0.3) is 0 Å². The number of halogens is 3. The Morgan fingerprint density at radius 1 is 1.32 bits per heavy atom. The van der Waals surface area contributed by atoms with Crippen LogP contribution in [0.4, 0.5) is 18.9 Å². The lowest BCUT2D eigenvalue weighted by molar-refractivity contribution is -0.135. The number of hydrogen-bond acceptors (Lipinski definition) is 2. The monoisotopic (exact) mass is 272 g/mol. The highest BCUT2D eigenvalue weighted by Crippen LogP contribution is 2.26. The summed E-state index contributed by atoms with van der Waals surface area (Å²) in [5.74, 6) is 0. The van der Waals surface area contributed by atoms with E-state index >= 15 is 0 Å². The van der Waals surface area contributed by atoms with Gasteiger partial charge in [-0.25, -0.2) is 0 Å². The molecule has 1 unspecified atom stereocenters. The fraction of sp³-hybridized carbons (Fsp3) is 0.571. The van der Waals surface area contributed by atoms with Crippen LogP contribution in [-0.4, -0.2) is 25.3 Å². The molecular formula is C14H19F3N2. The van der Waals surface area contributed by atoms with Crippen LogP contribution in [0.2, 0.25) is 0 Å². The first-order valence-electron chi connectivity index (χ1n) is 6.59. The van der Waals surface area contributed by atoms with Gasteiger partial charge in [-0.1, -0.05) is 18.2 Å². The fourth-order valence-electron chi connectivity index (χ4n) is 2.43. The van der Waals surface area contributed by atoms with Gasteiger partial charge in [-0.2, -0.15) is 13.2 Å². The Bertz CT molecular complexity index is 417. The highest BCUT2D eigenvalue weighted by atomic mass is 19.4. The second-order valence-electron chi connectivity index (χ2n) is 5.08. The molecule has 2 nitrogen and oxygen atoms in total. The maximum atomic E-state index is 12.2. The Kier molecular flexibility index (Phi) is 4.34. The zero-order valence-electron chi connectivity index (χ0n) is 11.0. The number of anilines is 1. The SMILES string of the molecule is CC1CN(CCCC(F)(F)F)c2ccccc2CN1. The summed E-state index contributed by atoms with van der Waals surface area (Å²) in [7, 11) is 0. The van der Waals surface area contributed by atoms with E-state index in [9.17, 15) is 13.2 Å². The average molecular weight is 272 g/mol. The molecule has 1 aromatic rings. The number of benzene rings is 1. The van der Waals surface area contributed by atoms with Crippen molar-refractivity contribution in [2.24, 2.45) is 0 Å². The minimum absolute atomic E-state index is 0.143. The van der Waals surface area contributed by atoms with E-state index in [1.54, 1.807) is 0 Å². The van der Waals surface area contributed by atoms with Crippen LogP contribution < -0.4 is 10.2 Å². The number of para-hydroxylation sites is 1. The van der Waals surface area contributed by atoms with Crippen molar-refractivity contribution in [1.82, 2.24) is 5.32 Å². The van der Waals surface area contributed by atoms with Crippen LogP contribution in [-0.2, 0) is 6.54 Å². The summed E-state index contributed by atoms with van der Waals surface area (Å²) >= 11 is 0. The standard InChI is InChI=1S/C14H19F3N2/c1-11-10-19(8-4-7-14(15,16)17)13-6-3-2-5-12(13)9-18-11/h2-3,5-6,11,18H,4,7-10H2,1H3. The summed E-state index contributed by atoms with van der Waals surface area (Å²) in [6.07, 6.45) is -4.63. The summed E-state index contributed by atoms with van der Waals surface area (Å²) in [6.45, 7) is 4.02. The minimum Gasteiger partial charge on any atom is -0.370 e. The van der Waals surface area contributed by atoms with Gasteiger partial charge in [0, 0.05) is 37.8 Å². The Balaban J connectivity index is 2.05. The Labute approximate surface area is 111 Å². The first-order chi connectivity index (χ1) is 8.96. The lowest BCUT2D eigenvalue weighted by Gasteiger charge is -2.26. The van der Waals surface area contributed by atoms with E-state index in [1.807, 2.05) is 24.3 Å². The summed E-state index contributed by atoms with van der Waals surface area (Å²) in [6, 6.07) is 8.19. The van der Waals surface area contributed by atoms with Gasteiger partial charge >= 0.3 is 6.18 Å². The Morgan fingerprint density at radius 3 is 2.79 bits per heavy atom. The van der Waals surface area contributed by atoms with Crippen LogP contribution in [0.5, 0.6) is 0 Å². The van der Waals surface area contributed by atoms with Gasteiger partial charge in [-0.3, -0.25) is 0 Å². The predicted octanol–water partition coefficient (Wildman–Crippen LogP) is 3.33. The molecule has 5 heteroatoms. The molecule has 1 N–H and O–H groups in total. The summed E-state index contributed by atoms with van der Waals surface area (Å²) < 4.78 is 36.7. The molecule has 2 rings (SSSR count). The van der Waals surface area contributed by atoms with Crippen molar-refractivity contribution in [2.45, 2.75) is 38.5 Å². The highest BCUT2D eigenvalue weighted by Gasteiger charge is 2.27. The lowest BCUT2D eigenvalue weighted by atomic mass is 10.1. The molecule has 1 heterocycles. The van der Waals surface area contributed by atoms with Crippen molar-refractivity contribution in [3.05, 3.63) is 29.8 Å². The molecule has 1 aliphatic heterocycles. The third-order valence-corrected chi connectivity index (χ3v) is 3.36. The summed E-state index contributed by atoms with van der Waals surface area (Å²) in [5, 5.41) is 3.37. The molecule has 0 fully saturated rings. The maximum absolute atomic E-state index is 12.2. The van der Waals surface area contributed by atoms with Crippen molar-refractivity contribution in [2.75, 3.05) is 18.0 Å². The molecule has 106 valence electrons. The summed E-state index contributed by atoms with van der Waals surface area (Å²) in [5.41, 5.74) is 2.21. The van der Waals surface area contributed by atoms with Gasteiger partial charge < -0.3 is 10.2 Å². The van der Waals surface area contributed by atoms with E-state index in [2.05, 4.69) is 17.1 Å². The van der Waals surface area contributed by atoms with Crippen LogP contribution in [0.1, 0.15) is 25.3 Å². The molecule has 19 heavy (non-hydrogen) atoms. The second kappa shape index (κ2) is 5.82. The third kappa shape index (κ3) is 4.13. The van der Waals surface area contributed by atoms with E-state index in [0.29, 0.717) is 6.54 Å². The van der Waals surface area contributed by atoms with Gasteiger partial charge in [-0.05, 0) is 25.0 Å². The molecule has 0 radical (unpaired) electrons. The average Bonchev–Trinajstić information content (AvgIpc) is 2.48. The molecule has 0 aromatic heterocycles. The Morgan fingerprint density at radius 2 is 2.05 bits per heavy atom. The van der Waals surface area contributed by atoms with E-state index in [4.69, 9.17) is 0 Å². The molecule has 1 aliphatic rings. The van der Waals surface area contributed by atoms with Gasteiger partial charge in [-0.15, -0.1) is 0 Å². The van der Waals surface area contributed by atoms with Crippen molar-refractivity contribution in [1.29, 1.82) is 0 Å².